The van der Waals surface area contributed by atoms with Crippen LogP contribution in [0.15, 0.2) is 0 Å². The van der Waals surface area contributed by atoms with Gasteiger partial charge in [0.05, 0.1) is 6.04 Å². The average Bonchev–Trinajstić information content (AvgIpc) is 3.06. The van der Waals surface area contributed by atoms with Crippen LogP contribution in [0.4, 0.5) is 0 Å². The van der Waals surface area contributed by atoms with Gasteiger partial charge in [-0.25, -0.2) is 0 Å². The highest BCUT2D eigenvalue weighted by atomic mass is 16.2. The third kappa shape index (κ3) is 4.67. The van der Waals surface area contributed by atoms with E-state index in [0.717, 1.165) is 12.8 Å². The van der Waals surface area contributed by atoms with Crippen molar-refractivity contribution in [3.8, 4) is 0 Å². The first-order chi connectivity index (χ1) is 10.7. The highest BCUT2D eigenvalue weighted by Crippen LogP contribution is 2.53. The lowest BCUT2D eigenvalue weighted by molar-refractivity contribution is -0.131. The minimum absolute atomic E-state index is 0.0826. The van der Waals surface area contributed by atoms with Crippen LogP contribution in [0.25, 0.3) is 0 Å². The van der Waals surface area contributed by atoms with Crippen molar-refractivity contribution < 1.29 is 14.4 Å². The van der Waals surface area contributed by atoms with Crippen LogP contribution in [-0.4, -0.2) is 36.3 Å². The molecule has 1 aliphatic carbocycles. The number of hydrogen-bond acceptors (Lipinski definition) is 4. The Bertz CT molecular complexity index is 492. The predicted octanol–water partition coefficient (Wildman–Crippen LogP) is -0.364. The molecule has 0 aromatic carbocycles. The molecule has 6 N–H and O–H groups in total. The summed E-state index contributed by atoms with van der Waals surface area (Å²) < 4.78 is 0. The number of nitrogens with two attached hydrogens (primary N) is 2. The molecule has 0 bridgehead atoms. The fourth-order valence-corrected chi connectivity index (χ4v) is 3.26. The second-order valence-electron chi connectivity index (χ2n) is 7.56. The number of carbonyl (C=O) groups excluding carboxylic acids is 3. The van der Waals surface area contributed by atoms with Crippen LogP contribution in [0.2, 0.25) is 0 Å². The van der Waals surface area contributed by atoms with E-state index in [1.807, 2.05) is 0 Å². The molecule has 2 aliphatic rings. The maximum atomic E-state index is 12.2. The lowest BCUT2D eigenvalue weighted by atomic mass is 9.91. The standard InChI is InChI=1S/C16H28N4O3/c1-16(2)8-10(16)7-11(17)15(23)20-12(13(18)21)6-9-4-3-5-19-14(9)22/h9-12H,3-8,17H2,1-2H3,(H2,18,21)(H,19,22)(H,20,23)/t9-,10?,11?,12-/m0/s1. The van der Waals surface area contributed by atoms with Crippen LogP contribution in [0.3, 0.4) is 0 Å². The van der Waals surface area contributed by atoms with Gasteiger partial charge in [0, 0.05) is 12.5 Å². The van der Waals surface area contributed by atoms with Gasteiger partial charge in [-0.05, 0) is 43.4 Å². The van der Waals surface area contributed by atoms with Gasteiger partial charge in [0.15, 0.2) is 0 Å². The van der Waals surface area contributed by atoms with Gasteiger partial charge in [-0.2, -0.15) is 0 Å². The van der Waals surface area contributed by atoms with Gasteiger partial charge in [0.1, 0.15) is 6.04 Å². The summed E-state index contributed by atoms with van der Waals surface area (Å²) in [6.45, 7) is 4.96. The molecule has 2 fully saturated rings. The van der Waals surface area contributed by atoms with Gasteiger partial charge in [-0.15, -0.1) is 0 Å². The van der Waals surface area contributed by atoms with E-state index in [1.54, 1.807) is 0 Å². The molecule has 0 spiro atoms. The maximum Gasteiger partial charge on any atom is 0.240 e. The lowest BCUT2D eigenvalue weighted by Gasteiger charge is -2.26. The highest BCUT2D eigenvalue weighted by Gasteiger charge is 2.46. The van der Waals surface area contributed by atoms with E-state index in [9.17, 15) is 14.4 Å². The second-order valence-corrected chi connectivity index (χ2v) is 7.56. The van der Waals surface area contributed by atoms with Crippen LogP contribution in [0, 0.1) is 17.3 Å². The van der Waals surface area contributed by atoms with Crippen molar-refractivity contribution in [2.75, 3.05) is 6.54 Å². The number of hydrogen-bond donors (Lipinski definition) is 4. The molecule has 0 radical (unpaired) electrons. The minimum atomic E-state index is -0.852. The molecule has 1 heterocycles. The average molecular weight is 324 g/mol. The monoisotopic (exact) mass is 324 g/mol. The Hall–Kier alpha value is -1.63. The number of carbonyl (C=O) groups is 3. The third-order valence-electron chi connectivity index (χ3n) is 5.17. The molecule has 7 nitrogen and oxygen atoms in total. The van der Waals surface area contributed by atoms with E-state index in [-0.39, 0.29) is 29.6 Å². The first kappa shape index (κ1) is 17.7. The fraction of sp³-hybridized carbons (Fsp3) is 0.812. The summed E-state index contributed by atoms with van der Waals surface area (Å²) in [5.41, 5.74) is 11.6. The van der Waals surface area contributed by atoms with E-state index >= 15 is 0 Å². The Morgan fingerprint density at radius 3 is 2.57 bits per heavy atom. The zero-order chi connectivity index (χ0) is 17.2. The third-order valence-corrected chi connectivity index (χ3v) is 5.17. The maximum absolute atomic E-state index is 12.2. The molecule has 23 heavy (non-hydrogen) atoms. The zero-order valence-corrected chi connectivity index (χ0v) is 13.9. The molecular weight excluding hydrogens is 296 g/mol. The normalized spacial score (nSPS) is 28.4. The number of nitrogens with one attached hydrogen (secondary N) is 2. The van der Waals surface area contributed by atoms with Crippen LogP contribution in [0.1, 0.15) is 46.0 Å². The second kappa shape index (κ2) is 6.86. The van der Waals surface area contributed by atoms with Gasteiger partial charge in [-0.1, -0.05) is 13.8 Å². The van der Waals surface area contributed by atoms with Gasteiger partial charge in [0.2, 0.25) is 17.7 Å². The number of primary amides is 1. The van der Waals surface area contributed by atoms with Crippen LogP contribution in [-0.2, 0) is 14.4 Å². The van der Waals surface area contributed by atoms with Gasteiger partial charge < -0.3 is 22.1 Å². The van der Waals surface area contributed by atoms with Crippen molar-refractivity contribution in [3.05, 3.63) is 0 Å². The Kier molecular flexibility index (Phi) is 5.29. The van der Waals surface area contributed by atoms with Crippen molar-refractivity contribution in [2.45, 2.75) is 58.0 Å². The summed E-state index contributed by atoms with van der Waals surface area (Å²) in [5.74, 6) is -0.927. The van der Waals surface area contributed by atoms with E-state index in [0.29, 0.717) is 25.3 Å². The van der Waals surface area contributed by atoms with E-state index in [1.165, 1.54) is 0 Å². The lowest BCUT2D eigenvalue weighted by Crippen LogP contribution is -2.52. The Balaban J connectivity index is 1.86. The fourth-order valence-electron chi connectivity index (χ4n) is 3.26. The molecule has 1 aliphatic heterocycles. The van der Waals surface area contributed by atoms with Crippen molar-refractivity contribution in [1.82, 2.24) is 10.6 Å². The van der Waals surface area contributed by atoms with Gasteiger partial charge in [0.25, 0.3) is 0 Å². The van der Waals surface area contributed by atoms with E-state index in [2.05, 4.69) is 24.5 Å². The highest BCUT2D eigenvalue weighted by molar-refractivity contribution is 5.89. The molecule has 3 amide bonds. The minimum Gasteiger partial charge on any atom is -0.368 e. The van der Waals surface area contributed by atoms with E-state index < -0.39 is 18.0 Å². The SMILES string of the molecule is CC1(C)CC1CC(N)C(=O)N[C@@H](C[C@@H]1CCCNC1=O)C(N)=O. The summed E-state index contributed by atoms with van der Waals surface area (Å²) in [4.78, 5) is 35.6. The first-order valence-electron chi connectivity index (χ1n) is 8.33. The molecular formula is C16H28N4O3. The number of rotatable bonds is 7. The van der Waals surface area contributed by atoms with Crippen LogP contribution < -0.4 is 22.1 Å². The van der Waals surface area contributed by atoms with Crippen molar-refractivity contribution in [3.63, 3.8) is 0 Å². The van der Waals surface area contributed by atoms with E-state index in [4.69, 9.17) is 11.5 Å². The summed E-state index contributed by atoms with van der Waals surface area (Å²) >= 11 is 0. The molecule has 0 aromatic heterocycles. The van der Waals surface area contributed by atoms with Gasteiger partial charge >= 0.3 is 0 Å². The van der Waals surface area contributed by atoms with Crippen molar-refractivity contribution >= 4 is 17.7 Å². The Morgan fingerprint density at radius 1 is 1.39 bits per heavy atom. The quantitative estimate of drug-likeness (QED) is 0.510. The number of amides is 3. The smallest absolute Gasteiger partial charge is 0.240 e. The molecule has 130 valence electrons. The molecule has 1 saturated heterocycles. The molecule has 1 saturated carbocycles. The summed E-state index contributed by atoms with van der Waals surface area (Å²) in [6.07, 6.45) is 3.47. The molecule has 4 atom stereocenters. The van der Waals surface area contributed by atoms with Crippen molar-refractivity contribution in [1.29, 1.82) is 0 Å². The first-order valence-corrected chi connectivity index (χ1v) is 8.33. The van der Waals surface area contributed by atoms with Crippen LogP contribution in [0.5, 0.6) is 0 Å². The van der Waals surface area contributed by atoms with Crippen LogP contribution >= 0.6 is 0 Å². The Morgan fingerprint density at radius 2 is 2.04 bits per heavy atom. The number of piperidine rings is 1. The molecule has 7 heteroatoms. The summed E-state index contributed by atoms with van der Waals surface area (Å²) in [6, 6.07) is -1.50. The zero-order valence-electron chi connectivity index (χ0n) is 13.9. The largest absolute Gasteiger partial charge is 0.368 e. The summed E-state index contributed by atoms with van der Waals surface area (Å²) in [7, 11) is 0. The Labute approximate surface area is 136 Å². The molecule has 0 aromatic rings. The molecule has 2 unspecified atom stereocenters. The van der Waals surface area contributed by atoms with Crippen molar-refractivity contribution in [2.24, 2.45) is 28.7 Å². The topological polar surface area (TPSA) is 127 Å². The molecule has 2 rings (SSSR count). The predicted molar refractivity (Wildman–Crippen MR) is 86.0 cm³/mol. The summed E-state index contributed by atoms with van der Waals surface area (Å²) in [5, 5.41) is 5.39. The van der Waals surface area contributed by atoms with Gasteiger partial charge in [-0.3, -0.25) is 14.4 Å².